The maximum absolute atomic E-state index is 6.23. The molecule has 1 aromatic rings. The van der Waals surface area contributed by atoms with Crippen molar-refractivity contribution in [3.8, 4) is 0 Å². The van der Waals surface area contributed by atoms with E-state index in [1.165, 1.54) is 5.56 Å². The molecule has 2 nitrogen and oxygen atoms in total. The lowest BCUT2D eigenvalue weighted by atomic mass is 10.0. The molecule has 0 aromatic heterocycles. The third-order valence-corrected chi connectivity index (χ3v) is 3.05. The van der Waals surface area contributed by atoms with Crippen LogP contribution < -0.4 is 5.73 Å². The highest BCUT2D eigenvalue weighted by Crippen LogP contribution is 2.25. The zero-order chi connectivity index (χ0) is 12.7. The second-order valence-corrected chi connectivity index (χ2v) is 4.15. The van der Waals surface area contributed by atoms with Gasteiger partial charge in [0.25, 0.3) is 0 Å². The standard InChI is InChI=1S/C15H24N2/c1-4-10-14(16)15(17(5-2)6-3)13-11-8-7-9-12-13/h7-12,15H,4-6,16H2,1-3H3/b14-10-. The number of likely N-dealkylation sites (N-methyl/N-ethyl adjacent to an activating group) is 1. The molecule has 0 spiro atoms. The highest BCUT2D eigenvalue weighted by molar-refractivity contribution is 5.27. The van der Waals surface area contributed by atoms with Gasteiger partial charge in [-0.3, -0.25) is 4.90 Å². The summed E-state index contributed by atoms with van der Waals surface area (Å²) in [6, 6.07) is 10.7. The van der Waals surface area contributed by atoms with Crippen LogP contribution in [0, 0.1) is 0 Å². The van der Waals surface area contributed by atoms with Gasteiger partial charge < -0.3 is 5.73 Å². The third-order valence-electron chi connectivity index (χ3n) is 3.05. The van der Waals surface area contributed by atoms with Crippen LogP contribution in [0.3, 0.4) is 0 Å². The SMILES string of the molecule is CC/C=C(\N)C(c1ccccc1)N(CC)CC. The molecule has 2 N–H and O–H groups in total. The van der Waals surface area contributed by atoms with Crippen LogP contribution in [0.4, 0.5) is 0 Å². The molecule has 0 bridgehead atoms. The van der Waals surface area contributed by atoms with Crippen LogP contribution >= 0.6 is 0 Å². The zero-order valence-electron chi connectivity index (χ0n) is 11.2. The first kappa shape index (κ1) is 13.8. The van der Waals surface area contributed by atoms with E-state index in [1.807, 2.05) is 6.07 Å². The Morgan fingerprint density at radius 2 is 1.76 bits per heavy atom. The fourth-order valence-corrected chi connectivity index (χ4v) is 2.19. The van der Waals surface area contributed by atoms with Crippen molar-refractivity contribution in [1.29, 1.82) is 0 Å². The minimum Gasteiger partial charge on any atom is -0.401 e. The number of hydrogen-bond donors (Lipinski definition) is 1. The van der Waals surface area contributed by atoms with E-state index >= 15 is 0 Å². The first-order valence-corrected chi connectivity index (χ1v) is 6.49. The molecule has 0 fully saturated rings. The van der Waals surface area contributed by atoms with Gasteiger partial charge in [0.2, 0.25) is 0 Å². The molecular formula is C15H24N2. The van der Waals surface area contributed by atoms with E-state index in [1.54, 1.807) is 0 Å². The highest BCUT2D eigenvalue weighted by atomic mass is 15.2. The average Bonchev–Trinajstić information content (AvgIpc) is 2.37. The van der Waals surface area contributed by atoms with Crippen LogP contribution in [-0.2, 0) is 0 Å². The van der Waals surface area contributed by atoms with E-state index in [9.17, 15) is 0 Å². The van der Waals surface area contributed by atoms with E-state index in [0.717, 1.165) is 25.2 Å². The summed E-state index contributed by atoms with van der Waals surface area (Å²) in [6.45, 7) is 8.50. The van der Waals surface area contributed by atoms with Crippen molar-refractivity contribution in [2.24, 2.45) is 5.73 Å². The zero-order valence-corrected chi connectivity index (χ0v) is 11.2. The first-order chi connectivity index (χ1) is 8.24. The lowest BCUT2D eigenvalue weighted by Crippen LogP contribution is -2.32. The predicted octanol–water partition coefficient (Wildman–Crippen LogP) is 3.32. The molecule has 0 radical (unpaired) electrons. The smallest absolute Gasteiger partial charge is 0.0745 e. The number of benzene rings is 1. The monoisotopic (exact) mass is 232 g/mol. The van der Waals surface area contributed by atoms with E-state index in [2.05, 4.69) is 56.0 Å². The first-order valence-electron chi connectivity index (χ1n) is 6.49. The lowest BCUT2D eigenvalue weighted by Gasteiger charge is -2.30. The second-order valence-electron chi connectivity index (χ2n) is 4.15. The Hall–Kier alpha value is -1.28. The van der Waals surface area contributed by atoms with Gasteiger partial charge in [-0.1, -0.05) is 57.2 Å². The maximum atomic E-state index is 6.23. The van der Waals surface area contributed by atoms with Gasteiger partial charge in [0.05, 0.1) is 6.04 Å². The molecule has 0 saturated carbocycles. The predicted molar refractivity (Wildman–Crippen MR) is 74.7 cm³/mol. The van der Waals surface area contributed by atoms with E-state index < -0.39 is 0 Å². The minimum absolute atomic E-state index is 0.214. The van der Waals surface area contributed by atoms with E-state index in [0.29, 0.717) is 0 Å². The molecule has 17 heavy (non-hydrogen) atoms. The Morgan fingerprint density at radius 1 is 1.18 bits per heavy atom. The summed E-state index contributed by atoms with van der Waals surface area (Å²) in [5.41, 5.74) is 8.47. The largest absolute Gasteiger partial charge is 0.401 e. The molecule has 0 aliphatic heterocycles. The third kappa shape index (κ3) is 3.60. The summed E-state index contributed by atoms with van der Waals surface area (Å²) in [5.74, 6) is 0. The Kier molecular flexibility index (Phi) is 5.78. The van der Waals surface area contributed by atoms with Crippen molar-refractivity contribution in [1.82, 2.24) is 4.90 Å². The van der Waals surface area contributed by atoms with Gasteiger partial charge in [0.15, 0.2) is 0 Å². The summed E-state index contributed by atoms with van der Waals surface area (Å²) >= 11 is 0. The summed E-state index contributed by atoms with van der Waals surface area (Å²) in [7, 11) is 0. The van der Waals surface area contributed by atoms with E-state index in [4.69, 9.17) is 5.73 Å². The summed E-state index contributed by atoms with van der Waals surface area (Å²) in [5, 5.41) is 0. The quantitative estimate of drug-likeness (QED) is 0.815. The highest BCUT2D eigenvalue weighted by Gasteiger charge is 2.19. The van der Waals surface area contributed by atoms with Crippen molar-refractivity contribution in [3.63, 3.8) is 0 Å². The molecule has 0 amide bonds. The van der Waals surface area contributed by atoms with Crippen molar-refractivity contribution in [3.05, 3.63) is 47.7 Å². The van der Waals surface area contributed by atoms with Crippen LogP contribution in [0.5, 0.6) is 0 Å². The number of allylic oxidation sites excluding steroid dienone is 1. The fraction of sp³-hybridized carbons (Fsp3) is 0.467. The van der Waals surface area contributed by atoms with Crippen molar-refractivity contribution in [2.75, 3.05) is 13.1 Å². The molecule has 0 saturated heterocycles. The van der Waals surface area contributed by atoms with Crippen molar-refractivity contribution in [2.45, 2.75) is 33.2 Å². The summed E-state index contributed by atoms with van der Waals surface area (Å²) in [4.78, 5) is 2.39. The lowest BCUT2D eigenvalue weighted by molar-refractivity contribution is 0.245. The number of nitrogens with two attached hydrogens (primary N) is 1. The minimum atomic E-state index is 0.214. The van der Waals surface area contributed by atoms with Gasteiger partial charge in [-0.25, -0.2) is 0 Å². The molecule has 1 rings (SSSR count). The molecule has 1 aromatic carbocycles. The molecule has 0 aliphatic carbocycles. The normalized spacial score (nSPS) is 14.0. The summed E-state index contributed by atoms with van der Waals surface area (Å²) in [6.07, 6.45) is 3.10. The molecule has 1 atom stereocenters. The Balaban J connectivity index is 3.06. The van der Waals surface area contributed by atoms with Gasteiger partial charge in [0, 0.05) is 5.70 Å². The average molecular weight is 232 g/mol. The van der Waals surface area contributed by atoms with Gasteiger partial charge in [-0.2, -0.15) is 0 Å². The summed E-state index contributed by atoms with van der Waals surface area (Å²) < 4.78 is 0. The fourth-order valence-electron chi connectivity index (χ4n) is 2.19. The van der Waals surface area contributed by atoms with Gasteiger partial charge >= 0.3 is 0 Å². The van der Waals surface area contributed by atoms with Gasteiger partial charge in [-0.05, 0) is 25.1 Å². The molecule has 2 heteroatoms. The van der Waals surface area contributed by atoms with Crippen LogP contribution in [0.25, 0.3) is 0 Å². The number of rotatable bonds is 6. The molecule has 0 aliphatic rings. The van der Waals surface area contributed by atoms with Crippen LogP contribution in [0.1, 0.15) is 38.8 Å². The number of nitrogens with zero attached hydrogens (tertiary/aromatic N) is 1. The Morgan fingerprint density at radius 3 is 2.24 bits per heavy atom. The van der Waals surface area contributed by atoms with Gasteiger partial charge in [0.1, 0.15) is 0 Å². The Labute approximate surface area is 105 Å². The van der Waals surface area contributed by atoms with E-state index in [-0.39, 0.29) is 6.04 Å². The van der Waals surface area contributed by atoms with Crippen molar-refractivity contribution >= 4 is 0 Å². The van der Waals surface area contributed by atoms with Crippen LogP contribution in [0.15, 0.2) is 42.1 Å². The maximum Gasteiger partial charge on any atom is 0.0745 e. The number of hydrogen-bond acceptors (Lipinski definition) is 2. The molecule has 1 unspecified atom stereocenters. The molecule has 94 valence electrons. The topological polar surface area (TPSA) is 29.3 Å². The molecular weight excluding hydrogens is 208 g/mol. The van der Waals surface area contributed by atoms with Crippen LogP contribution in [-0.4, -0.2) is 18.0 Å². The van der Waals surface area contributed by atoms with Crippen molar-refractivity contribution < 1.29 is 0 Å². The molecule has 0 heterocycles. The van der Waals surface area contributed by atoms with Gasteiger partial charge in [-0.15, -0.1) is 0 Å². The van der Waals surface area contributed by atoms with Crippen LogP contribution in [0.2, 0.25) is 0 Å². The second kappa shape index (κ2) is 7.13. The Bertz CT molecular complexity index is 339.